The van der Waals surface area contributed by atoms with Gasteiger partial charge in [0.15, 0.2) is 5.69 Å². The molecule has 0 N–H and O–H groups in total. The number of methoxy groups -OCH3 is 1. The van der Waals surface area contributed by atoms with E-state index >= 15 is 0 Å². The fourth-order valence-corrected chi connectivity index (χ4v) is 1.80. The van der Waals surface area contributed by atoms with Gasteiger partial charge in [-0.1, -0.05) is 40.5 Å². The molecule has 18 heavy (non-hydrogen) atoms. The van der Waals surface area contributed by atoms with Crippen molar-refractivity contribution < 1.29 is 9.53 Å². The van der Waals surface area contributed by atoms with Crippen LogP contribution in [0.1, 0.15) is 16.1 Å². The summed E-state index contributed by atoms with van der Waals surface area (Å²) in [4.78, 5) is 11.2. The van der Waals surface area contributed by atoms with E-state index in [1.165, 1.54) is 18.0 Å². The topological polar surface area (TPSA) is 57.0 Å². The molecule has 0 spiro atoms. The Hall–Kier alpha value is -1.59. The van der Waals surface area contributed by atoms with Gasteiger partial charge in [0, 0.05) is 0 Å². The maximum absolute atomic E-state index is 11.2. The molecule has 94 valence electrons. The monoisotopic (exact) mass is 285 g/mol. The lowest BCUT2D eigenvalue weighted by molar-refractivity contribution is 0.0594. The first-order valence-corrected chi connectivity index (χ1v) is 5.78. The molecule has 1 heterocycles. The molecule has 0 radical (unpaired) electrons. The number of esters is 1. The van der Waals surface area contributed by atoms with Gasteiger partial charge >= 0.3 is 5.97 Å². The number of nitrogens with zero attached hydrogens (tertiary/aromatic N) is 3. The molecule has 5 nitrogen and oxygen atoms in total. The number of carbonyl (C=O) groups is 1. The van der Waals surface area contributed by atoms with Gasteiger partial charge < -0.3 is 4.74 Å². The van der Waals surface area contributed by atoms with E-state index in [0.29, 0.717) is 16.6 Å². The summed E-state index contributed by atoms with van der Waals surface area (Å²) in [7, 11) is 1.29. The van der Waals surface area contributed by atoms with Crippen LogP contribution >= 0.6 is 23.2 Å². The van der Waals surface area contributed by atoms with Gasteiger partial charge in [-0.2, -0.15) is 0 Å². The average molecular weight is 286 g/mol. The molecule has 0 saturated heterocycles. The van der Waals surface area contributed by atoms with Crippen molar-refractivity contribution in [3.05, 3.63) is 45.7 Å². The van der Waals surface area contributed by atoms with Gasteiger partial charge in [-0.15, -0.1) is 5.10 Å². The smallest absolute Gasteiger partial charge is 0.360 e. The van der Waals surface area contributed by atoms with Crippen molar-refractivity contribution in [1.82, 2.24) is 15.0 Å². The Bertz CT molecular complexity index is 583. The normalized spacial score (nSPS) is 10.4. The lowest BCUT2D eigenvalue weighted by Crippen LogP contribution is -2.02. The third-order valence-corrected chi connectivity index (χ3v) is 3.16. The Balaban J connectivity index is 2.21. The fourth-order valence-electron chi connectivity index (χ4n) is 1.42. The molecule has 1 aromatic carbocycles. The first-order valence-electron chi connectivity index (χ1n) is 5.03. The zero-order valence-corrected chi connectivity index (χ0v) is 10.9. The molecule has 7 heteroatoms. The summed E-state index contributed by atoms with van der Waals surface area (Å²) in [5, 5.41) is 8.45. The number of hydrogen-bond acceptors (Lipinski definition) is 4. The second-order valence-corrected chi connectivity index (χ2v) is 4.29. The number of benzene rings is 1. The summed E-state index contributed by atoms with van der Waals surface area (Å²) in [6.45, 7) is 0.378. The molecule has 0 amide bonds. The molecule has 2 rings (SSSR count). The third kappa shape index (κ3) is 2.63. The fraction of sp³-hybridized carbons (Fsp3) is 0.182. The predicted octanol–water partition coefficient (Wildman–Crippen LogP) is 2.42. The van der Waals surface area contributed by atoms with E-state index in [2.05, 4.69) is 15.0 Å². The molecule has 0 aliphatic carbocycles. The lowest BCUT2D eigenvalue weighted by Gasteiger charge is -2.04. The Morgan fingerprint density at radius 2 is 2.22 bits per heavy atom. The van der Waals surface area contributed by atoms with Gasteiger partial charge in [0.1, 0.15) is 0 Å². The molecule has 0 unspecified atom stereocenters. The second kappa shape index (κ2) is 5.37. The van der Waals surface area contributed by atoms with E-state index in [9.17, 15) is 4.79 Å². The van der Waals surface area contributed by atoms with E-state index in [4.69, 9.17) is 23.2 Å². The van der Waals surface area contributed by atoms with Gasteiger partial charge in [-0.3, -0.25) is 0 Å². The Labute approximate surface area is 113 Å². The van der Waals surface area contributed by atoms with Crippen LogP contribution in [0.15, 0.2) is 24.4 Å². The zero-order chi connectivity index (χ0) is 13.1. The second-order valence-electron chi connectivity index (χ2n) is 3.51. The van der Waals surface area contributed by atoms with Crippen LogP contribution in [-0.4, -0.2) is 28.1 Å². The summed E-state index contributed by atoms with van der Waals surface area (Å²) < 4.78 is 6.03. The highest BCUT2D eigenvalue weighted by Crippen LogP contribution is 2.25. The Morgan fingerprint density at radius 3 is 2.94 bits per heavy atom. The molecule has 0 atom stereocenters. The van der Waals surface area contributed by atoms with Crippen LogP contribution in [0.25, 0.3) is 0 Å². The minimum atomic E-state index is -0.529. The molecule has 0 aliphatic heterocycles. The Kier molecular flexibility index (Phi) is 3.84. The van der Waals surface area contributed by atoms with Gasteiger partial charge in [-0.25, -0.2) is 9.48 Å². The average Bonchev–Trinajstić information content (AvgIpc) is 2.82. The van der Waals surface area contributed by atoms with Gasteiger partial charge in [0.05, 0.1) is 29.9 Å². The third-order valence-electron chi connectivity index (χ3n) is 2.30. The highest BCUT2D eigenvalue weighted by atomic mass is 35.5. The minimum absolute atomic E-state index is 0.149. The van der Waals surface area contributed by atoms with Crippen molar-refractivity contribution in [2.45, 2.75) is 6.54 Å². The van der Waals surface area contributed by atoms with E-state index in [0.717, 1.165) is 5.56 Å². The van der Waals surface area contributed by atoms with Crippen LogP contribution in [0, 0.1) is 0 Å². The van der Waals surface area contributed by atoms with Crippen LogP contribution in [0.2, 0.25) is 10.0 Å². The molecule has 1 aromatic heterocycles. The summed E-state index contributed by atoms with van der Waals surface area (Å²) in [5.74, 6) is -0.529. The summed E-state index contributed by atoms with van der Waals surface area (Å²) >= 11 is 12.0. The van der Waals surface area contributed by atoms with Crippen LogP contribution in [0.3, 0.4) is 0 Å². The van der Waals surface area contributed by atoms with Crippen LogP contribution in [0.4, 0.5) is 0 Å². The SMILES string of the molecule is COC(=O)c1cn(Cc2cccc(Cl)c2Cl)nn1. The molecular weight excluding hydrogens is 277 g/mol. The highest BCUT2D eigenvalue weighted by Gasteiger charge is 2.12. The van der Waals surface area contributed by atoms with Crippen molar-refractivity contribution in [1.29, 1.82) is 0 Å². The molecular formula is C11H9Cl2N3O2. The van der Waals surface area contributed by atoms with E-state index in [1.807, 2.05) is 6.07 Å². The van der Waals surface area contributed by atoms with Gasteiger partial charge in [0.25, 0.3) is 0 Å². The largest absolute Gasteiger partial charge is 0.464 e. The molecule has 0 bridgehead atoms. The maximum atomic E-state index is 11.2. The highest BCUT2D eigenvalue weighted by molar-refractivity contribution is 6.42. The number of rotatable bonds is 3. The number of carbonyl (C=O) groups excluding carboxylic acids is 1. The van der Waals surface area contributed by atoms with Crippen LogP contribution in [-0.2, 0) is 11.3 Å². The number of hydrogen-bond donors (Lipinski definition) is 0. The summed E-state index contributed by atoms with van der Waals surface area (Å²) in [5.41, 5.74) is 0.945. The van der Waals surface area contributed by atoms with E-state index in [1.54, 1.807) is 12.1 Å². The number of aromatic nitrogens is 3. The quantitative estimate of drug-likeness (QED) is 0.813. The molecule has 0 aliphatic rings. The summed E-state index contributed by atoms with van der Waals surface area (Å²) in [6, 6.07) is 5.32. The molecule has 2 aromatic rings. The zero-order valence-electron chi connectivity index (χ0n) is 9.43. The van der Waals surface area contributed by atoms with Crippen molar-refractivity contribution in [3.8, 4) is 0 Å². The number of halogens is 2. The van der Waals surface area contributed by atoms with Crippen molar-refractivity contribution >= 4 is 29.2 Å². The minimum Gasteiger partial charge on any atom is -0.464 e. The first-order chi connectivity index (χ1) is 8.61. The summed E-state index contributed by atoms with van der Waals surface area (Å²) in [6.07, 6.45) is 1.49. The van der Waals surface area contributed by atoms with Crippen molar-refractivity contribution in [3.63, 3.8) is 0 Å². The lowest BCUT2D eigenvalue weighted by atomic mass is 10.2. The van der Waals surface area contributed by atoms with Crippen LogP contribution < -0.4 is 0 Å². The predicted molar refractivity (Wildman–Crippen MR) is 66.9 cm³/mol. The van der Waals surface area contributed by atoms with Gasteiger partial charge in [-0.05, 0) is 11.6 Å². The standard InChI is InChI=1S/C11H9Cl2N3O2/c1-18-11(17)9-6-16(15-14-9)5-7-3-2-4-8(12)10(7)13/h2-4,6H,5H2,1H3. The maximum Gasteiger partial charge on any atom is 0.360 e. The Morgan fingerprint density at radius 1 is 1.44 bits per heavy atom. The first kappa shape index (κ1) is 12.9. The van der Waals surface area contributed by atoms with E-state index in [-0.39, 0.29) is 5.69 Å². The van der Waals surface area contributed by atoms with Crippen LogP contribution in [0.5, 0.6) is 0 Å². The number of ether oxygens (including phenoxy) is 1. The van der Waals surface area contributed by atoms with Gasteiger partial charge in [0.2, 0.25) is 0 Å². The molecule has 0 saturated carbocycles. The van der Waals surface area contributed by atoms with Crippen molar-refractivity contribution in [2.75, 3.05) is 7.11 Å². The molecule has 0 fully saturated rings. The van der Waals surface area contributed by atoms with E-state index < -0.39 is 5.97 Å². The van der Waals surface area contributed by atoms with Crippen molar-refractivity contribution in [2.24, 2.45) is 0 Å².